The van der Waals surface area contributed by atoms with E-state index in [2.05, 4.69) is 53.6 Å². The monoisotopic (exact) mass is 193 g/mol. The second kappa shape index (κ2) is 3.35. The zero-order valence-corrected chi connectivity index (χ0v) is 8.35. The molecule has 72 valence electrons. The van der Waals surface area contributed by atoms with E-state index in [4.69, 9.17) is 0 Å². The number of aromatic nitrogens is 1. The number of rotatable bonds is 0. The van der Waals surface area contributed by atoms with E-state index >= 15 is 0 Å². The molecule has 1 aromatic heterocycles. The molecule has 2 aromatic rings. The lowest BCUT2D eigenvalue weighted by atomic mass is 10.1. The van der Waals surface area contributed by atoms with Gasteiger partial charge in [0.1, 0.15) is 0 Å². The van der Waals surface area contributed by atoms with Crippen molar-refractivity contribution in [3.05, 3.63) is 59.8 Å². The molecule has 1 heteroatoms. The quantitative estimate of drug-likeness (QED) is 0.625. The summed E-state index contributed by atoms with van der Waals surface area (Å²) < 4.78 is 0. The first-order chi connectivity index (χ1) is 7.43. The lowest BCUT2D eigenvalue weighted by Crippen LogP contribution is -1.92. The Morgan fingerprint density at radius 2 is 2.00 bits per heavy atom. The smallest absolute Gasteiger partial charge is 0.0705 e. The molecule has 0 atom stereocenters. The van der Waals surface area contributed by atoms with Crippen LogP contribution in [0.4, 0.5) is 0 Å². The lowest BCUT2D eigenvalue weighted by Gasteiger charge is -2.04. The summed E-state index contributed by atoms with van der Waals surface area (Å²) in [6.45, 7) is 0. The molecule has 1 aliphatic carbocycles. The summed E-state index contributed by atoms with van der Waals surface area (Å²) in [6, 6.07) is 10.5. The van der Waals surface area contributed by atoms with Gasteiger partial charge in [-0.1, -0.05) is 42.5 Å². The lowest BCUT2D eigenvalue weighted by molar-refractivity contribution is 1.14. The Hall–Kier alpha value is -1.89. The number of nitrogens with zero attached hydrogens (tertiary/aromatic N) is 1. The summed E-state index contributed by atoms with van der Waals surface area (Å²) in [5.41, 5.74) is 3.48. The van der Waals surface area contributed by atoms with Gasteiger partial charge in [0.25, 0.3) is 0 Å². The molecular weight excluding hydrogens is 182 g/mol. The molecule has 0 saturated carbocycles. The van der Waals surface area contributed by atoms with Gasteiger partial charge in [0.05, 0.1) is 11.2 Å². The predicted octanol–water partition coefficient (Wildman–Crippen LogP) is 3.36. The number of hydrogen-bond donors (Lipinski definition) is 0. The molecule has 3 rings (SSSR count). The number of pyridine rings is 1. The van der Waals surface area contributed by atoms with Crippen LogP contribution in [-0.2, 0) is 6.42 Å². The van der Waals surface area contributed by atoms with E-state index in [0.717, 1.165) is 11.9 Å². The Morgan fingerprint density at radius 3 is 3.00 bits per heavy atom. The van der Waals surface area contributed by atoms with Crippen LogP contribution in [0.25, 0.3) is 17.0 Å². The van der Waals surface area contributed by atoms with E-state index in [9.17, 15) is 0 Å². The molecule has 0 N–H and O–H groups in total. The summed E-state index contributed by atoms with van der Waals surface area (Å²) in [7, 11) is 0. The fourth-order valence-electron chi connectivity index (χ4n) is 1.90. The summed E-state index contributed by atoms with van der Waals surface area (Å²) in [5.74, 6) is 0. The molecule has 1 heterocycles. The van der Waals surface area contributed by atoms with Gasteiger partial charge in [-0.3, -0.25) is 4.98 Å². The zero-order chi connectivity index (χ0) is 10.1. The van der Waals surface area contributed by atoms with E-state index in [-0.39, 0.29) is 0 Å². The number of allylic oxidation sites excluding steroid dienone is 3. The van der Waals surface area contributed by atoms with Gasteiger partial charge in [-0.15, -0.1) is 0 Å². The van der Waals surface area contributed by atoms with E-state index in [1.54, 1.807) is 0 Å². The summed E-state index contributed by atoms with van der Waals surface area (Å²) in [6.07, 6.45) is 9.34. The van der Waals surface area contributed by atoms with Crippen LogP contribution < -0.4 is 0 Å². The highest BCUT2D eigenvalue weighted by Crippen LogP contribution is 2.19. The van der Waals surface area contributed by atoms with Gasteiger partial charge in [-0.2, -0.15) is 0 Å². The van der Waals surface area contributed by atoms with Crippen molar-refractivity contribution in [2.24, 2.45) is 0 Å². The van der Waals surface area contributed by atoms with Crippen LogP contribution in [-0.4, -0.2) is 4.98 Å². The fourth-order valence-corrected chi connectivity index (χ4v) is 1.90. The third-order valence-corrected chi connectivity index (χ3v) is 2.67. The largest absolute Gasteiger partial charge is 0.252 e. The maximum Gasteiger partial charge on any atom is 0.0705 e. The van der Waals surface area contributed by atoms with Gasteiger partial charge in [0.2, 0.25) is 0 Å². The second-order valence-corrected chi connectivity index (χ2v) is 3.71. The molecule has 0 saturated heterocycles. The molecule has 0 unspecified atom stereocenters. The highest BCUT2D eigenvalue weighted by atomic mass is 14.7. The van der Waals surface area contributed by atoms with Gasteiger partial charge in [0, 0.05) is 11.8 Å². The van der Waals surface area contributed by atoms with Gasteiger partial charge in [-0.25, -0.2) is 0 Å². The summed E-state index contributed by atoms with van der Waals surface area (Å²) in [4.78, 5) is 4.67. The molecule has 1 nitrogen and oxygen atoms in total. The van der Waals surface area contributed by atoms with Gasteiger partial charge in [-0.05, 0) is 17.7 Å². The Balaban J connectivity index is 2.31. The van der Waals surface area contributed by atoms with Crippen LogP contribution in [0.15, 0.2) is 48.6 Å². The molecule has 0 fully saturated rings. The van der Waals surface area contributed by atoms with Crippen LogP contribution in [0, 0.1) is 0 Å². The third-order valence-electron chi connectivity index (χ3n) is 2.67. The van der Waals surface area contributed by atoms with Crippen molar-refractivity contribution in [3.63, 3.8) is 0 Å². The molecule has 0 bridgehead atoms. The predicted molar refractivity (Wildman–Crippen MR) is 63.6 cm³/mol. The normalized spacial score (nSPS) is 13.9. The minimum Gasteiger partial charge on any atom is -0.252 e. The molecule has 1 aliphatic rings. The zero-order valence-electron chi connectivity index (χ0n) is 8.35. The SMILES string of the molecule is C1=CCc2nc3ccccc3cc2C=C1. The van der Waals surface area contributed by atoms with Crippen molar-refractivity contribution in [2.45, 2.75) is 6.42 Å². The molecule has 0 aliphatic heterocycles. The number of fused-ring (bicyclic) bond motifs is 2. The van der Waals surface area contributed by atoms with E-state index in [0.29, 0.717) is 0 Å². The van der Waals surface area contributed by atoms with E-state index < -0.39 is 0 Å². The van der Waals surface area contributed by atoms with Crippen molar-refractivity contribution in [2.75, 3.05) is 0 Å². The third kappa shape index (κ3) is 1.46. The number of hydrogen-bond acceptors (Lipinski definition) is 1. The Morgan fingerprint density at radius 1 is 1.07 bits per heavy atom. The van der Waals surface area contributed by atoms with Crippen molar-refractivity contribution in [1.82, 2.24) is 4.98 Å². The molecular formula is C14H11N. The van der Waals surface area contributed by atoms with Crippen molar-refractivity contribution in [3.8, 4) is 0 Å². The molecule has 0 radical (unpaired) electrons. The minimum absolute atomic E-state index is 0.924. The average Bonchev–Trinajstić information content (AvgIpc) is 2.50. The first-order valence-electron chi connectivity index (χ1n) is 5.15. The second-order valence-electron chi connectivity index (χ2n) is 3.71. The van der Waals surface area contributed by atoms with Gasteiger partial charge in [0.15, 0.2) is 0 Å². The van der Waals surface area contributed by atoms with Crippen molar-refractivity contribution >= 4 is 17.0 Å². The highest BCUT2D eigenvalue weighted by molar-refractivity contribution is 5.81. The Bertz CT molecular complexity index is 565. The number of para-hydroxylation sites is 1. The van der Waals surface area contributed by atoms with Crippen LogP contribution in [0.1, 0.15) is 11.3 Å². The topological polar surface area (TPSA) is 12.9 Å². The molecule has 15 heavy (non-hydrogen) atoms. The maximum absolute atomic E-state index is 4.67. The highest BCUT2D eigenvalue weighted by Gasteiger charge is 2.04. The van der Waals surface area contributed by atoms with E-state index in [1.807, 2.05) is 6.07 Å². The molecule has 0 amide bonds. The van der Waals surface area contributed by atoms with Gasteiger partial charge < -0.3 is 0 Å². The average molecular weight is 193 g/mol. The van der Waals surface area contributed by atoms with Crippen LogP contribution in [0.3, 0.4) is 0 Å². The summed E-state index contributed by atoms with van der Waals surface area (Å²) in [5, 5.41) is 1.21. The standard InChI is InChI=1S/C14H11N/c1-2-6-11-10-12-7-4-5-9-14(12)15-13(11)8-3-1/h1-7,9-10H,8H2. The van der Waals surface area contributed by atoms with Crippen LogP contribution in [0.5, 0.6) is 0 Å². The summed E-state index contributed by atoms with van der Waals surface area (Å²) >= 11 is 0. The van der Waals surface area contributed by atoms with Crippen LogP contribution in [0.2, 0.25) is 0 Å². The molecule has 0 spiro atoms. The maximum atomic E-state index is 4.67. The minimum atomic E-state index is 0.924. The van der Waals surface area contributed by atoms with Crippen LogP contribution >= 0.6 is 0 Å². The van der Waals surface area contributed by atoms with Crippen molar-refractivity contribution < 1.29 is 0 Å². The first-order valence-corrected chi connectivity index (χ1v) is 5.15. The molecule has 1 aromatic carbocycles. The Labute approximate surface area is 88.8 Å². The number of benzene rings is 1. The fraction of sp³-hybridized carbons (Fsp3) is 0.0714. The van der Waals surface area contributed by atoms with E-state index in [1.165, 1.54) is 16.6 Å². The van der Waals surface area contributed by atoms with Gasteiger partial charge >= 0.3 is 0 Å². The van der Waals surface area contributed by atoms with Crippen molar-refractivity contribution in [1.29, 1.82) is 0 Å². The Kier molecular flexibility index (Phi) is 1.88. The first kappa shape index (κ1) is 8.42.